The summed E-state index contributed by atoms with van der Waals surface area (Å²) in [5.41, 5.74) is 0. The van der Waals surface area contributed by atoms with Crippen molar-refractivity contribution in [1.82, 2.24) is 0 Å². The van der Waals surface area contributed by atoms with Gasteiger partial charge in [-0.2, -0.15) is 0 Å². The van der Waals surface area contributed by atoms with Crippen molar-refractivity contribution in [1.29, 1.82) is 0 Å². The van der Waals surface area contributed by atoms with Gasteiger partial charge in [-0.15, -0.1) is 0 Å². The van der Waals surface area contributed by atoms with Crippen LogP contribution in [0.2, 0.25) is 0 Å². The van der Waals surface area contributed by atoms with Crippen LogP contribution in [0, 0.1) is 11.8 Å². The standard InChI is InChI=1S/C11H21NO2/c1-6-9(4)10(11(13)14-5)12-7-8(2)3/h7-10H,6H2,1-5H3/t9-,10-/m0/s1. The lowest BCUT2D eigenvalue weighted by molar-refractivity contribution is -0.143. The summed E-state index contributed by atoms with van der Waals surface area (Å²) < 4.78 is 4.71. The maximum absolute atomic E-state index is 11.4. The fourth-order valence-corrected chi connectivity index (χ4v) is 1.05. The highest BCUT2D eigenvalue weighted by atomic mass is 16.5. The molecule has 82 valence electrons. The van der Waals surface area contributed by atoms with Crippen LogP contribution in [0.4, 0.5) is 0 Å². The average Bonchev–Trinajstić information content (AvgIpc) is 2.16. The summed E-state index contributed by atoms with van der Waals surface area (Å²) in [4.78, 5) is 15.7. The molecule has 3 heteroatoms. The summed E-state index contributed by atoms with van der Waals surface area (Å²) >= 11 is 0. The summed E-state index contributed by atoms with van der Waals surface area (Å²) in [6, 6.07) is -0.340. The molecule has 0 aromatic heterocycles. The van der Waals surface area contributed by atoms with Gasteiger partial charge in [0.1, 0.15) is 6.04 Å². The normalized spacial score (nSPS) is 15.9. The molecule has 0 heterocycles. The number of carbonyl (C=O) groups is 1. The van der Waals surface area contributed by atoms with Crippen LogP contribution < -0.4 is 0 Å². The molecule has 0 radical (unpaired) electrons. The maximum atomic E-state index is 11.4. The second-order valence-corrected chi connectivity index (χ2v) is 3.90. The van der Waals surface area contributed by atoms with Gasteiger partial charge in [0.05, 0.1) is 7.11 Å². The molecule has 0 aromatic rings. The predicted molar refractivity (Wildman–Crippen MR) is 58.6 cm³/mol. The third kappa shape index (κ3) is 4.40. The highest BCUT2D eigenvalue weighted by Crippen LogP contribution is 2.12. The number of ether oxygens (including phenoxy) is 1. The minimum atomic E-state index is -0.340. The minimum absolute atomic E-state index is 0.234. The van der Waals surface area contributed by atoms with Crippen molar-refractivity contribution in [3.05, 3.63) is 0 Å². The fourth-order valence-electron chi connectivity index (χ4n) is 1.05. The molecule has 0 unspecified atom stereocenters. The van der Waals surface area contributed by atoms with Crippen LogP contribution in [-0.4, -0.2) is 25.3 Å². The molecule has 0 saturated carbocycles. The van der Waals surface area contributed by atoms with Crippen molar-refractivity contribution in [2.75, 3.05) is 7.11 Å². The van der Waals surface area contributed by atoms with Gasteiger partial charge in [-0.25, -0.2) is 4.79 Å². The third-order valence-corrected chi connectivity index (χ3v) is 2.17. The van der Waals surface area contributed by atoms with Crippen LogP contribution >= 0.6 is 0 Å². The predicted octanol–water partition coefficient (Wildman–Crippen LogP) is 2.30. The van der Waals surface area contributed by atoms with Crippen molar-refractivity contribution in [2.24, 2.45) is 16.8 Å². The zero-order valence-electron chi connectivity index (χ0n) is 9.78. The Morgan fingerprint density at radius 1 is 1.43 bits per heavy atom. The van der Waals surface area contributed by atoms with Gasteiger partial charge in [-0.1, -0.05) is 34.1 Å². The van der Waals surface area contributed by atoms with E-state index in [-0.39, 0.29) is 17.9 Å². The van der Waals surface area contributed by atoms with Gasteiger partial charge in [0, 0.05) is 6.21 Å². The molecule has 0 spiro atoms. The van der Waals surface area contributed by atoms with Gasteiger partial charge in [0.2, 0.25) is 0 Å². The molecule has 2 atom stereocenters. The SMILES string of the molecule is CC[C@H](C)[C@H](N=CC(C)C)C(=O)OC. The van der Waals surface area contributed by atoms with Crippen LogP contribution in [0.25, 0.3) is 0 Å². The van der Waals surface area contributed by atoms with E-state index in [0.717, 1.165) is 6.42 Å². The quantitative estimate of drug-likeness (QED) is 0.503. The van der Waals surface area contributed by atoms with Crippen LogP contribution in [0.5, 0.6) is 0 Å². The Bertz CT molecular complexity index is 199. The first-order valence-electron chi connectivity index (χ1n) is 5.14. The summed E-state index contributed by atoms with van der Waals surface area (Å²) in [5, 5.41) is 0. The van der Waals surface area contributed by atoms with Crippen LogP contribution in [0.1, 0.15) is 34.1 Å². The topological polar surface area (TPSA) is 38.7 Å². The number of hydrogen-bond donors (Lipinski definition) is 0. The second-order valence-electron chi connectivity index (χ2n) is 3.90. The van der Waals surface area contributed by atoms with Crippen molar-refractivity contribution >= 4 is 12.2 Å². The van der Waals surface area contributed by atoms with Crippen LogP contribution in [0.15, 0.2) is 4.99 Å². The molecule has 0 aromatic carbocycles. The van der Waals surface area contributed by atoms with E-state index in [2.05, 4.69) is 4.99 Å². The fraction of sp³-hybridized carbons (Fsp3) is 0.818. The van der Waals surface area contributed by atoms with Crippen molar-refractivity contribution < 1.29 is 9.53 Å². The average molecular weight is 199 g/mol. The van der Waals surface area contributed by atoms with E-state index in [9.17, 15) is 4.79 Å². The highest BCUT2D eigenvalue weighted by molar-refractivity contribution is 5.78. The largest absolute Gasteiger partial charge is 0.467 e. The number of hydrogen-bond acceptors (Lipinski definition) is 3. The molecule has 0 saturated heterocycles. The number of esters is 1. The Hall–Kier alpha value is -0.860. The molecular weight excluding hydrogens is 178 g/mol. The Kier molecular flexibility index (Phi) is 6.17. The zero-order chi connectivity index (χ0) is 11.1. The van der Waals surface area contributed by atoms with Crippen molar-refractivity contribution in [2.45, 2.75) is 40.2 Å². The minimum Gasteiger partial charge on any atom is -0.467 e. The number of rotatable bonds is 5. The van der Waals surface area contributed by atoms with Crippen molar-refractivity contribution in [3.63, 3.8) is 0 Å². The first-order valence-corrected chi connectivity index (χ1v) is 5.14. The molecule has 0 aliphatic carbocycles. The van der Waals surface area contributed by atoms with Crippen molar-refractivity contribution in [3.8, 4) is 0 Å². The zero-order valence-corrected chi connectivity index (χ0v) is 9.78. The Morgan fingerprint density at radius 2 is 2.00 bits per heavy atom. The van der Waals surface area contributed by atoms with Crippen LogP contribution in [0.3, 0.4) is 0 Å². The molecule has 14 heavy (non-hydrogen) atoms. The summed E-state index contributed by atoms with van der Waals surface area (Å²) in [6.07, 6.45) is 2.74. The number of methoxy groups -OCH3 is 1. The van der Waals surface area contributed by atoms with E-state index in [0.29, 0.717) is 5.92 Å². The smallest absolute Gasteiger partial charge is 0.330 e. The molecule has 0 aliphatic rings. The molecule has 0 amide bonds. The highest BCUT2D eigenvalue weighted by Gasteiger charge is 2.23. The van der Waals surface area contributed by atoms with Gasteiger partial charge < -0.3 is 4.74 Å². The van der Waals surface area contributed by atoms with Crippen LogP contribution in [-0.2, 0) is 9.53 Å². The Balaban J connectivity index is 4.47. The lowest BCUT2D eigenvalue weighted by atomic mass is 10.00. The van der Waals surface area contributed by atoms with Gasteiger partial charge >= 0.3 is 5.97 Å². The monoisotopic (exact) mass is 199 g/mol. The van der Waals surface area contributed by atoms with Gasteiger partial charge in [0.25, 0.3) is 0 Å². The molecule has 3 nitrogen and oxygen atoms in total. The number of aliphatic imine (C=N–C) groups is 1. The van der Waals surface area contributed by atoms with E-state index >= 15 is 0 Å². The molecule has 0 rings (SSSR count). The number of carbonyl (C=O) groups excluding carboxylic acids is 1. The number of nitrogens with zero attached hydrogens (tertiary/aromatic N) is 1. The first kappa shape index (κ1) is 13.1. The molecule has 0 aliphatic heterocycles. The molecule has 0 bridgehead atoms. The summed E-state index contributed by atoms with van der Waals surface area (Å²) in [7, 11) is 1.41. The lowest BCUT2D eigenvalue weighted by Gasteiger charge is -2.16. The Labute approximate surface area is 86.6 Å². The van der Waals surface area contributed by atoms with Gasteiger partial charge in [0.15, 0.2) is 0 Å². The summed E-state index contributed by atoms with van der Waals surface area (Å²) in [5.74, 6) is 0.361. The summed E-state index contributed by atoms with van der Waals surface area (Å²) in [6.45, 7) is 8.13. The lowest BCUT2D eigenvalue weighted by Crippen LogP contribution is -2.27. The van der Waals surface area contributed by atoms with E-state index in [1.807, 2.05) is 33.9 Å². The molecular formula is C11H21NO2. The third-order valence-electron chi connectivity index (χ3n) is 2.17. The molecule has 0 fully saturated rings. The van der Waals surface area contributed by atoms with Gasteiger partial charge in [-0.05, 0) is 11.8 Å². The Morgan fingerprint density at radius 3 is 2.36 bits per heavy atom. The second kappa shape index (κ2) is 6.57. The van der Waals surface area contributed by atoms with Gasteiger partial charge in [-0.3, -0.25) is 4.99 Å². The van der Waals surface area contributed by atoms with E-state index < -0.39 is 0 Å². The maximum Gasteiger partial charge on any atom is 0.330 e. The first-order chi connectivity index (χ1) is 6.52. The molecule has 0 N–H and O–H groups in total. The van der Waals surface area contributed by atoms with E-state index in [1.54, 1.807) is 0 Å². The van der Waals surface area contributed by atoms with E-state index in [1.165, 1.54) is 7.11 Å². The van der Waals surface area contributed by atoms with E-state index in [4.69, 9.17) is 4.74 Å².